The average Bonchev–Trinajstić information content (AvgIpc) is 2.65. The van der Waals surface area contributed by atoms with E-state index in [-0.39, 0.29) is 5.54 Å². The van der Waals surface area contributed by atoms with E-state index in [9.17, 15) is 0 Å². The van der Waals surface area contributed by atoms with Crippen LogP contribution in [-0.2, 0) is 0 Å². The summed E-state index contributed by atoms with van der Waals surface area (Å²) in [5.74, 6) is 0. The second-order valence-corrected chi connectivity index (χ2v) is 6.19. The van der Waals surface area contributed by atoms with Gasteiger partial charge in [0.2, 0.25) is 0 Å². The number of piperidine rings is 1. The molecule has 2 N–H and O–H groups in total. The summed E-state index contributed by atoms with van der Waals surface area (Å²) in [6, 6.07) is 1.54. The first-order valence-electron chi connectivity index (χ1n) is 7.15. The Bertz CT molecular complexity index is 211. The van der Waals surface area contributed by atoms with Crippen LogP contribution in [0.15, 0.2) is 0 Å². The lowest BCUT2D eigenvalue weighted by Gasteiger charge is -2.40. The molecular formula is C14H28N2. The van der Waals surface area contributed by atoms with Gasteiger partial charge >= 0.3 is 0 Å². The van der Waals surface area contributed by atoms with E-state index in [0.29, 0.717) is 0 Å². The van der Waals surface area contributed by atoms with Crippen LogP contribution in [0.2, 0.25) is 0 Å². The fourth-order valence-corrected chi connectivity index (χ4v) is 3.60. The topological polar surface area (TPSA) is 29.3 Å². The minimum atomic E-state index is 0.177. The lowest BCUT2D eigenvalue weighted by Crippen LogP contribution is -2.48. The maximum atomic E-state index is 6.44. The van der Waals surface area contributed by atoms with Crippen molar-refractivity contribution in [3.63, 3.8) is 0 Å². The van der Waals surface area contributed by atoms with Gasteiger partial charge in [0.15, 0.2) is 0 Å². The van der Waals surface area contributed by atoms with E-state index in [1.54, 1.807) is 0 Å². The Morgan fingerprint density at radius 2 is 1.62 bits per heavy atom. The van der Waals surface area contributed by atoms with Crippen LogP contribution in [0.3, 0.4) is 0 Å². The summed E-state index contributed by atoms with van der Waals surface area (Å²) < 4.78 is 0. The highest BCUT2D eigenvalue weighted by Gasteiger charge is 2.31. The third-order valence-corrected chi connectivity index (χ3v) is 4.84. The van der Waals surface area contributed by atoms with Crippen LogP contribution in [-0.4, -0.2) is 29.1 Å². The van der Waals surface area contributed by atoms with Gasteiger partial charge in [-0.15, -0.1) is 0 Å². The summed E-state index contributed by atoms with van der Waals surface area (Å²) in [7, 11) is 0. The molecule has 0 amide bonds. The highest BCUT2D eigenvalue weighted by atomic mass is 15.2. The fraction of sp³-hybridized carbons (Fsp3) is 1.00. The van der Waals surface area contributed by atoms with Crippen LogP contribution in [0.25, 0.3) is 0 Å². The first kappa shape index (κ1) is 12.4. The Morgan fingerprint density at radius 1 is 1.06 bits per heavy atom. The van der Waals surface area contributed by atoms with Crippen molar-refractivity contribution < 1.29 is 0 Å². The van der Waals surface area contributed by atoms with Gasteiger partial charge in [-0.1, -0.05) is 19.3 Å². The number of nitrogens with zero attached hydrogens (tertiary/aromatic N) is 1. The third kappa shape index (κ3) is 2.78. The molecule has 2 aliphatic rings. The van der Waals surface area contributed by atoms with E-state index in [1.807, 2.05) is 0 Å². The standard InChI is InChI=1S/C14H28N2/c1-12-6-5-7-13(2)16(12)11-10-14(15)8-3-4-9-14/h12-13H,3-11,15H2,1-2H3. The van der Waals surface area contributed by atoms with Gasteiger partial charge in [-0.05, 0) is 46.0 Å². The second kappa shape index (κ2) is 5.05. The number of likely N-dealkylation sites (tertiary alicyclic amines) is 1. The Labute approximate surface area is 101 Å². The molecular weight excluding hydrogens is 196 g/mol. The monoisotopic (exact) mass is 224 g/mol. The van der Waals surface area contributed by atoms with Crippen LogP contribution in [0.1, 0.15) is 65.2 Å². The molecule has 1 heterocycles. The molecule has 2 rings (SSSR count). The van der Waals surface area contributed by atoms with Crippen LogP contribution < -0.4 is 5.73 Å². The molecule has 2 nitrogen and oxygen atoms in total. The predicted molar refractivity (Wildman–Crippen MR) is 69.5 cm³/mol. The van der Waals surface area contributed by atoms with Gasteiger partial charge in [-0.25, -0.2) is 0 Å². The maximum absolute atomic E-state index is 6.44. The van der Waals surface area contributed by atoms with Crippen molar-refractivity contribution in [2.75, 3.05) is 6.54 Å². The van der Waals surface area contributed by atoms with Gasteiger partial charge in [0.05, 0.1) is 0 Å². The molecule has 2 fully saturated rings. The molecule has 0 radical (unpaired) electrons. The molecule has 1 saturated heterocycles. The number of hydrogen-bond acceptors (Lipinski definition) is 2. The van der Waals surface area contributed by atoms with E-state index in [1.165, 1.54) is 57.9 Å². The molecule has 1 aliphatic carbocycles. The first-order valence-corrected chi connectivity index (χ1v) is 7.15. The normalized spacial score (nSPS) is 35.4. The lowest BCUT2D eigenvalue weighted by atomic mass is 9.91. The Hall–Kier alpha value is -0.0800. The van der Waals surface area contributed by atoms with Crippen molar-refractivity contribution in [1.82, 2.24) is 4.90 Å². The van der Waals surface area contributed by atoms with Crippen molar-refractivity contribution in [1.29, 1.82) is 0 Å². The zero-order chi connectivity index (χ0) is 11.6. The predicted octanol–water partition coefficient (Wildman–Crippen LogP) is 2.91. The maximum Gasteiger partial charge on any atom is 0.0166 e. The SMILES string of the molecule is CC1CCCC(C)N1CCC1(N)CCCC1. The molecule has 16 heavy (non-hydrogen) atoms. The zero-order valence-electron chi connectivity index (χ0n) is 11.0. The molecule has 94 valence electrons. The van der Waals surface area contributed by atoms with Crippen molar-refractivity contribution in [3.05, 3.63) is 0 Å². The summed E-state index contributed by atoms with van der Waals surface area (Å²) in [5, 5.41) is 0. The van der Waals surface area contributed by atoms with E-state index in [4.69, 9.17) is 5.73 Å². The van der Waals surface area contributed by atoms with Crippen molar-refractivity contribution in [2.45, 2.75) is 82.8 Å². The molecule has 2 unspecified atom stereocenters. The van der Waals surface area contributed by atoms with Crippen LogP contribution in [0.4, 0.5) is 0 Å². The fourth-order valence-electron chi connectivity index (χ4n) is 3.60. The number of nitrogens with two attached hydrogens (primary N) is 1. The Balaban J connectivity index is 1.83. The van der Waals surface area contributed by atoms with Crippen LogP contribution >= 0.6 is 0 Å². The van der Waals surface area contributed by atoms with E-state index < -0.39 is 0 Å². The molecule has 2 atom stereocenters. The second-order valence-electron chi connectivity index (χ2n) is 6.19. The van der Waals surface area contributed by atoms with Gasteiger partial charge in [0.25, 0.3) is 0 Å². The summed E-state index contributed by atoms with van der Waals surface area (Å²) >= 11 is 0. The van der Waals surface area contributed by atoms with Gasteiger partial charge in [0, 0.05) is 24.2 Å². The van der Waals surface area contributed by atoms with Crippen molar-refractivity contribution in [3.8, 4) is 0 Å². The average molecular weight is 224 g/mol. The van der Waals surface area contributed by atoms with Gasteiger partial charge in [-0.2, -0.15) is 0 Å². The van der Waals surface area contributed by atoms with Crippen LogP contribution in [0.5, 0.6) is 0 Å². The third-order valence-electron chi connectivity index (χ3n) is 4.84. The van der Waals surface area contributed by atoms with Crippen molar-refractivity contribution >= 4 is 0 Å². The Morgan fingerprint density at radius 3 is 2.19 bits per heavy atom. The molecule has 0 aromatic heterocycles. The van der Waals surface area contributed by atoms with Gasteiger partial charge in [-0.3, -0.25) is 4.90 Å². The Kier molecular flexibility index (Phi) is 3.91. The first-order chi connectivity index (χ1) is 7.61. The molecule has 1 saturated carbocycles. The smallest absolute Gasteiger partial charge is 0.0166 e. The lowest BCUT2D eigenvalue weighted by molar-refractivity contribution is 0.0932. The van der Waals surface area contributed by atoms with Crippen molar-refractivity contribution in [2.24, 2.45) is 5.73 Å². The quantitative estimate of drug-likeness (QED) is 0.798. The molecule has 1 aliphatic heterocycles. The molecule has 0 bridgehead atoms. The minimum absolute atomic E-state index is 0.177. The number of rotatable bonds is 3. The zero-order valence-corrected chi connectivity index (χ0v) is 11.0. The number of hydrogen-bond donors (Lipinski definition) is 1. The summed E-state index contributed by atoms with van der Waals surface area (Å²) in [6.07, 6.45) is 10.6. The minimum Gasteiger partial charge on any atom is -0.325 e. The van der Waals surface area contributed by atoms with E-state index in [2.05, 4.69) is 18.7 Å². The highest BCUT2D eigenvalue weighted by Crippen LogP contribution is 2.31. The van der Waals surface area contributed by atoms with Gasteiger partial charge in [0.1, 0.15) is 0 Å². The van der Waals surface area contributed by atoms with E-state index >= 15 is 0 Å². The summed E-state index contributed by atoms with van der Waals surface area (Å²) in [6.45, 7) is 5.99. The highest BCUT2D eigenvalue weighted by molar-refractivity contribution is 4.91. The largest absolute Gasteiger partial charge is 0.325 e. The van der Waals surface area contributed by atoms with E-state index in [0.717, 1.165) is 12.1 Å². The molecule has 0 aromatic rings. The summed E-state index contributed by atoms with van der Waals surface area (Å²) in [5.41, 5.74) is 6.62. The summed E-state index contributed by atoms with van der Waals surface area (Å²) in [4.78, 5) is 2.69. The van der Waals surface area contributed by atoms with Gasteiger partial charge < -0.3 is 5.73 Å². The molecule has 0 aromatic carbocycles. The molecule has 0 spiro atoms. The molecule has 2 heteroatoms. The van der Waals surface area contributed by atoms with Crippen LogP contribution in [0, 0.1) is 0 Å².